The van der Waals surface area contributed by atoms with Crippen LogP contribution in [-0.2, 0) is 9.59 Å². The number of rotatable bonds is 5. The number of methoxy groups -OCH3 is 1. The Hall–Kier alpha value is -2.04. The monoisotopic (exact) mass is 249 g/mol. The summed E-state index contributed by atoms with van der Waals surface area (Å²) in [4.78, 5) is 22.0. The van der Waals surface area contributed by atoms with Crippen molar-refractivity contribution in [2.45, 2.75) is 12.3 Å². The van der Waals surface area contributed by atoms with Gasteiger partial charge in [-0.25, -0.2) is 0 Å². The summed E-state index contributed by atoms with van der Waals surface area (Å²) >= 11 is 0. The summed E-state index contributed by atoms with van der Waals surface area (Å²) in [5.41, 5.74) is 1.09. The van der Waals surface area contributed by atoms with E-state index in [4.69, 9.17) is 9.84 Å². The minimum Gasteiger partial charge on any atom is -0.497 e. The number of carbonyl (C=O) groups is 2. The fourth-order valence-corrected chi connectivity index (χ4v) is 2.00. The van der Waals surface area contributed by atoms with Gasteiger partial charge in [-0.15, -0.1) is 0 Å². The molecular formula is C13H15NO4. The quantitative estimate of drug-likeness (QED) is 0.816. The zero-order chi connectivity index (χ0) is 13.1. The predicted molar refractivity (Wildman–Crippen MR) is 64.5 cm³/mol. The van der Waals surface area contributed by atoms with Gasteiger partial charge in [-0.05, 0) is 30.0 Å². The van der Waals surface area contributed by atoms with E-state index < -0.39 is 5.97 Å². The molecule has 0 bridgehead atoms. The number of carboxylic acid groups (broad SMARTS) is 1. The number of amides is 1. The summed E-state index contributed by atoms with van der Waals surface area (Å²) in [6.45, 7) is -0.315. The first-order chi connectivity index (χ1) is 8.61. The zero-order valence-corrected chi connectivity index (χ0v) is 10.1. The Morgan fingerprint density at radius 3 is 2.61 bits per heavy atom. The minimum absolute atomic E-state index is 0.0993. The van der Waals surface area contributed by atoms with E-state index in [-0.39, 0.29) is 24.3 Å². The summed E-state index contributed by atoms with van der Waals surface area (Å²) in [6, 6.07) is 7.60. The van der Waals surface area contributed by atoms with Crippen LogP contribution in [0.1, 0.15) is 17.9 Å². The molecule has 5 nitrogen and oxygen atoms in total. The second kappa shape index (κ2) is 5.08. The number of ether oxygens (including phenoxy) is 1. The molecule has 1 aromatic carbocycles. The highest BCUT2D eigenvalue weighted by molar-refractivity contribution is 5.85. The van der Waals surface area contributed by atoms with Crippen molar-refractivity contribution in [1.29, 1.82) is 0 Å². The summed E-state index contributed by atoms with van der Waals surface area (Å²) in [7, 11) is 1.61. The molecule has 0 radical (unpaired) electrons. The molecule has 2 atom stereocenters. The van der Waals surface area contributed by atoms with Gasteiger partial charge in [-0.1, -0.05) is 12.1 Å². The van der Waals surface area contributed by atoms with Crippen LogP contribution in [0.15, 0.2) is 24.3 Å². The smallest absolute Gasteiger partial charge is 0.322 e. The summed E-state index contributed by atoms with van der Waals surface area (Å²) in [5, 5.41) is 10.9. The van der Waals surface area contributed by atoms with Crippen molar-refractivity contribution in [2.75, 3.05) is 13.7 Å². The SMILES string of the molecule is COc1ccc(C2CC2C(=O)NCC(=O)O)cc1. The van der Waals surface area contributed by atoms with Gasteiger partial charge >= 0.3 is 5.97 Å². The predicted octanol–water partition coefficient (Wildman–Crippen LogP) is 0.999. The molecule has 1 amide bonds. The molecule has 0 spiro atoms. The molecule has 1 saturated carbocycles. The normalized spacial score (nSPS) is 21.2. The number of hydrogen-bond acceptors (Lipinski definition) is 3. The van der Waals surface area contributed by atoms with Gasteiger partial charge in [0.2, 0.25) is 5.91 Å². The summed E-state index contributed by atoms with van der Waals surface area (Å²) < 4.78 is 5.06. The number of benzene rings is 1. The van der Waals surface area contributed by atoms with Gasteiger partial charge in [-0.2, -0.15) is 0 Å². The molecule has 1 aliphatic rings. The minimum atomic E-state index is -1.02. The second-order valence-electron chi connectivity index (χ2n) is 4.33. The number of carbonyl (C=O) groups excluding carboxylic acids is 1. The van der Waals surface area contributed by atoms with Crippen LogP contribution in [0.5, 0.6) is 5.75 Å². The van der Waals surface area contributed by atoms with Crippen LogP contribution in [0.3, 0.4) is 0 Å². The molecule has 1 fully saturated rings. The van der Waals surface area contributed by atoms with Crippen molar-refractivity contribution in [3.8, 4) is 5.75 Å². The van der Waals surface area contributed by atoms with Gasteiger partial charge in [0.05, 0.1) is 7.11 Å². The van der Waals surface area contributed by atoms with Crippen molar-refractivity contribution in [2.24, 2.45) is 5.92 Å². The molecule has 1 aliphatic carbocycles. The van der Waals surface area contributed by atoms with Crippen LogP contribution in [0.2, 0.25) is 0 Å². The first-order valence-corrected chi connectivity index (χ1v) is 5.75. The number of hydrogen-bond donors (Lipinski definition) is 2. The number of aliphatic carboxylic acids is 1. The molecule has 0 saturated heterocycles. The molecule has 2 N–H and O–H groups in total. The first-order valence-electron chi connectivity index (χ1n) is 5.75. The largest absolute Gasteiger partial charge is 0.497 e. The molecule has 0 aromatic heterocycles. The van der Waals surface area contributed by atoms with Crippen LogP contribution in [0, 0.1) is 5.92 Å². The maximum absolute atomic E-state index is 11.6. The Labute approximate surface area is 105 Å². The fourth-order valence-electron chi connectivity index (χ4n) is 2.00. The molecule has 2 rings (SSSR count). The Bertz CT molecular complexity index is 455. The third kappa shape index (κ3) is 2.80. The van der Waals surface area contributed by atoms with Gasteiger partial charge in [0.25, 0.3) is 0 Å². The zero-order valence-electron chi connectivity index (χ0n) is 10.1. The highest BCUT2D eigenvalue weighted by Gasteiger charge is 2.43. The van der Waals surface area contributed by atoms with Crippen LogP contribution < -0.4 is 10.1 Å². The average Bonchev–Trinajstić information content (AvgIpc) is 3.16. The van der Waals surface area contributed by atoms with Gasteiger partial charge < -0.3 is 15.2 Å². The lowest BCUT2D eigenvalue weighted by molar-refractivity contribution is -0.138. The van der Waals surface area contributed by atoms with Crippen LogP contribution >= 0.6 is 0 Å². The molecule has 2 unspecified atom stereocenters. The van der Waals surface area contributed by atoms with Crippen LogP contribution in [0.25, 0.3) is 0 Å². The number of nitrogens with one attached hydrogen (secondary N) is 1. The topological polar surface area (TPSA) is 75.6 Å². The molecule has 5 heteroatoms. The van der Waals surface area contributed by atoms with E-state index in [9.17, 15) is 9.59 Å². The highest BCUT2D eigenvalue weighted by atomic mass is 16.5. The average molecular weight is 249 g/mol. The van der Waals surface area contributed by atoms with Gasteiger partial charge in [-0.3, -0.25) is 9.59 Å². The van der Waals surface area contributed by atoms with E-state index in [1.807, 2.05) is 24.3 Å². The lowest BCUT2D eigenvalue weighted by Crippen LogP contribution is -2.30. The number of carboxylic acids is 1. The highest BCUT2D eigenvalue weighted by Crippen LogP contribution is 2.47. The third-order valence-corrected chi connectivity index (χ3v) is 3.09. The molecule has 18 heavy (non-hydrogen) atoms. The molecular weight excluding hydrogens is 234 g/mol. The van der Waals surface area contributed by atoms with E-state index in [1.54, 1.807) is 7.11 Å². The van der Waals surface area contributed by atoms with Gasteiger partial charge in [0.15, 0.2) is 0 Å². The van der Waals surface area contributed by atoms with Crippen molar-refractivity contribution < 1.29 is 19.4 Å². The lowest BCUT2D eigenvalue weighted by Gasteiger charge is -2.03. The summed E-state index contributed by atoms with van der Waals surface area (Å²) in [5.74, 6) is -0.322. The van der Waals surface area contributed by atoms with Crippen molar-refractivity contribution in [1.82, 2.24) is 5.32 Å². The standard InChI is InChI=1S/C13H15NO4/c1-18-9-4-2-8(3-5-9)10-6-11(10)13(17)14-7-12(15)16/h2-5,10-11H,6-7H2,1H3,(H,14,17)(H,15,16). The first kappa shape index (κ1) is 12.4. The van der Waals surface area contributed by atoms with E-state index in [0.29, 0.717) is 0 Å². The third-order valence-electron chi connectivity index (χ3n) is 3.09. The molecule has 0 heterocycles. The Kier molecular flexibility index (Phi) is 3.50. The van der Waals surface area contributed by atoms with Crippen molar-refractivity contribution >= 4 is 11.9 Å². The maximum atomic E-state index is 11.6. The Morgan fingerprint density at radius 2 is 2.06 bits per heavy atom. The molecule has 1 aromatic rings. The lowest BCUT2D eigenvalue weighted by atomic mass is 10.1. The maximum Gasteiger partial charge on any atom is 0.322 e. The van der Waals surface area contributed by atoms with Crippen molar-refractivity contribution in [3.63, 3.8) is 0 Å². The fraction of sp³-hybridized carbons (Fsp3) is 0.385. The van der Waals surface area contributed by atoms with Crippen LogP contribution in [0.4, 0.5) is 0 Å². The Balaban J connectivity index is 1.89. The Morgan fingerprint density at radius 1 is 1.39 bits per heavy atom. The van der Waals surface area contributed by atoms with E-state index in [1.165, 1.54) is 0 Å². The van der Waals surface area contributed by atoms with Crippen LogP contribution in [-0.4, -0.2) is 30.6 Å². The molecule has 96 valence electrons. The second-order valence-corrected chi connectivity index (χ2v) is 4.33. The van der Waals surface area contributed by atoms with E-state index in [2.05, 4.69) is 5.32 Å². The van der Waals surface area contributed by atoms with Gasteiger partial charge in [0.1, 0.15) is 12.3 Å². The van der Waals surface area contributed by atoms with E-state index in [0.717, 1.165) is 17.7 Å². The summed E-state index contributed by atoms with van der Waals surface area (Å²) in [6.07, 6.45) is 0.776. The van der Waals surface area contributed by atoms with Crippen molar-refractivity contribution in [3.05, 3.63) is 29.8 Å². The van der Waals surface area contributed by atoms with Gasteiger partial charge in [0, 0.05) is 5.92 Å². The van der Waals surface area contributed by atoms with E-state index >= 15 is 0 Å². The molecule has 0 aliphatic heterocycles.